The van der Waals surface area contributed by atoms with Crippen LogP contribution in [-0.4, -0.2) is 65.0 Å². The number of rotatable bonds is 7. The molecule has 1 atom stereocenters. The SMILES string of the molecule is CCC(C(=O)O)N(C)C(=O)N(CC)CC(=O)NC(C)C. The molecule has 0 aromatic rings. The van der Waals surface area contributed by atoms with Gasteiger partial charge in [-0.3, -0.25) is 4.79 Å². The lowest BCUT2D eigenvalue weighted by molar-refractivity contribution is -0.142. The van der Waals surface area contributed by atoms with Crippen molar-refractivity contribution in [1.82, 2.24) is 15.1 Å². The molecule has 0 aliphatic rings. The zero-order chi connectivity index (χ0) is 15.9. The van der Waals surface area contributed by atoms with Crippen molar-refractivity contribution in [3.05, 3.63) is 0 Å². The van der Waals surface area contributed by atoms with Crippen molar-refractivity contribution in [3.63, 3.8) is 0 Å². The molecule has 0 heterocycles. The smallest absolute Gasteiger partial charge is 0.326 e. The number of likely N-dealkylation sites (N-methyl/N-ethyl adjacent to an activating group) is 2. The number of nitrogens with zero attached hydrogens (tertiary/aromatic N) is 2. The maximum Gasteiger partial charge on any atom is 0.326 e. The summed E-state index contributed by atoms with van der Waals surface area (Å²) in [6.07, 6.45) is 0.313. The van der Waals surface area contributed by atoms with Crippen molar-refractivity contribution in [2.24, 2.45) is 0 Å². The van der Waals surface area contributed by atoms with Gasteiger partial charge in [-0.15, -0.1) is 0 Å². The van der Waals surface area contributed by atoms with E-state index in [0.29, 0.717) is 13.0 Å². The van der Waals surface area contributed by atoms with Crippen LogP contribution in [0.15, 0.2) is 0 Å². The van der Waals surface area contributed by atoms with E-state index in [1.54, 1.807) is 13.8 Å². The standard InChI is InChI=1S/C13H25N3O4/c1-6-10(12(18)19)15(5)13(20)16(7-2)8-11(17)14-9(3)4/h9-10H,6-8H2,1-5H3,(H,14,17)(H,18,19). The van der Waals surface area contributed by atoms with E-state index in [2.05, 4.69) is 5.32 Å². The second kappa shape index (κ2) is 8.39. The van der Waals surface area contributed by atoms with Crippen LogP contribution < -0.4 is 5.32 Å². The lowest BCUT2D eigenvalue weighted by Crippen LogP contribution is -2.51. The number of aliphatic carboxylic acids is 1. The lowest BCUT2D eigenvalue weighted by atomic mass is 10.2. The fourth-order valence-electron chi connectivity index (χ4n) is 1.83. The zero-order valence-electron chi connectivity index (χ0n) is 12.8. The highest BCUT2D eigenvalue weighted by Gasteiger charge is 2.28. The molecule has 0 aliphatic heterocycles. The lowest BCUT2D eigenvalue weighted by Gasteiger charge is -2.30. The van der Waals surface area contributed by atoms with Crippen LogP contribution in [0.5, 0.6) is 0 Å². The van der Waals surface area contributed by atoms with Crippen molar-refractivity contribution >= 4 is 17.9 Å². The molecule has 0 aromatic heterocycles. The Balaban J connectivity index is 4.76. The number of carboxylic acids is 1. The monoisotopic (exact) mass is 287 g/mol. The Hall–Kier alpha value is -1.79. The first-order valence-electron chi connectivity index (χ1n) is 6.78. The van der Waals surface area contributed by atoms with E-state index in [1.165, 1.54) is 11.9 Å². The molecule has 116 valence electrons. The Morgan fingerprint density at radius 3 is 2.10 bits per heavy atom. The molecule has 0 saturated heterocycles. The summed E-state index contributed by atoms with van der Waals surface area (Å²) in [6, 6.07) is -1.35. The van der Waals surface area contributed by atoms with Crippen LogP contribution in [0, 0.1) is 0 Å². The van der Waals surface area contributed by atoms with Crippen LogP contribution >= 0.6 is 0 Å². The first-order valence-corrected chi connectivity index (χ1v) is 6.78. The van der Waals surface area contributed by atoms with Gasteiger partial charge in [0.2, 0.25) is 5.91 Å². The molecule has 20 heavy (non-hydrogen) atoms. The predicted octanol–water partition coefficient (Wildman–Crippen LogP) is 0.748. The third kappa shape index (κ3) is 5.46. The zero-order valence-corrected chi connectivity index (χ0v) is 12.8. The minimum absolute atomic E-state index is 0.00329. The number of carboxylic acid groups (broad SMARTS) is 1. The van der Waals surface area contributed by atoms with Crippen LogP contribution in [-0.2, 0) is 9.59 Å². The first-order chi connectivity index (χ1) is 9.24. The van der Waals surface area contributed by atoms with Gasteiger partial charge in [0.25, 0.3) is 0 Å². The minimum atomic E-state index is -1.05. The van der Waals surface area contributed by atoms with E-state index in [9.17, 15) is 14.4 Å². The molecule has 0 spiro atoms. The summed E-state index contributed by atoms with van der Waals surface area (Å²) < 4.78 is 0. The number of amides is 3. The summed E-state index contributed by atoms with van der Waals surface area (Å²) >= 11 is 0. The van der Waals surface area contributed by atoms with Gasteiger partial charge in [0, 0.05) is 19.6 Å². The van der Waals surface area contributed by atoms with Gasteiger partial charge in [0.15, 0.2) is 0 Å². The summed E-state index contributed by atoms with van der Waals surface area (Å²) in [4.78, 5) is 37.4. The van der Waals surface area contributed by atoms with Crippen molar-refractivity contribution in [2.75, 3.05) is 20.1 Å². The van der Waals surface area contributed by atoms with E-state index >= 15 is 0 Å². The summed E-state index contributed by atoms with van der Waals surface area (Å²) in [5, 5.41) is 11.8. The molecule has 0 aromatic carbocycles. The van der Waals surface area contributed by atoms with Gasteiger partial charge >= 0.3 is 12.0 Å². The van der Waals surface area contributed by atoms with E-state index < -0.39 is 18.0 Å². The fraction of sp³-hybridized carbons (Fsp3) is 0.769. The quantitative estimate of drug-likeness (QED) is 0.723. The van der Waals surface area contributed by atoms with Crippen LogP contribution in [0.25, 0.3) is 0 Å². The summed E-state index contributed by atoms with van der Waals surface area (Å²) in [6.45, 7) is 7.37. The van der Waals surface area contributed by atoms with Gasteiger partial charge < -0.3 is 20.2 Å². The number of hydrogen-bond acceptors (Lipinski definition) is 3. The van der Waals surface area contributed by atoms with E-state index in [0.717, 1.165) is 4.90 Å². The van der Waals surface area contributed by atoms with Crippen molar-refractivity contribution < 1.29 is 19.5 Å². The van der Waals surface area contributed by atoms with Gasteiger partial charge in [-0.2, -0.15) is 0 Å². The molecule has 0 rings (SSSR count). The Morgan fingerprint density at radius 1 is 1.20 bits per heavy atom. The highest BCUT2D eigenvalue weighted by molar-refractivity contribution is 5.86. The average molecular weight is 287 g/mol. The Bertz CT molecular complexity index is 358. The number of carbonyl (C=O) groups excluding carboxylic acids is 2. The fourth-order valence-corrected chi connectivity index (χ4v) is 1.83. The highest BCUT2D eigenvalue weighted by atomic mass is 16.4. The van der Waals surface area contributed by atoms with Gasteiger partial charge in [0.1, 0.15) is 12.6 Å². The first kappa shape index (κ1) is 18.2. The average Bonchev–Trinajstić information content (AvgIpc) is 2.34. The molecule has 0 saturated carbocycles. The molecule has 2 N–H and O–H groups in total. The Kier molecular flexibility index (Phi) is 7.64. The molecule has 7 heteroatoms. The molecular formula is C13H25N3O4. The molecule has 0 bridgehead atoms. The molecule has 7 nitrogen and oxygen atoms in total. The van der Waals surface area contributed by atoms with E-state index in [1.807, 2.05) is 13.8 Å². The van der Waals surface area contributed by atoms with Crippen LogP contribution in [0.4, 0.5) is 4.79 Å². The summed E-state index contributed by atoms with van der Waals surface area (Å²) in [5.41, 5.74) is 0. The maximum atomic E-state index is 12.2. The Labute approximate surface area is 119 Å². The van der Waals surface area contributed by atoms with Crippen molar-refractivity contribution in [1.29, 1.82) is 0 Å². The third-order valence-electron chi connectivity index (χ3n) is 2.88. The molecular weight excluding hydrogens is 262 g/mol. The van der Waals surface area contributed by atoms with Crippen molar-refractivity contribution in [2.45, 2.75) is 46.2 Å². The molecule has 0 radical (unpaired) electrons. The van der Waals surface area contributed by atoms with Gasteiger partial charge in [-0.05, 0) is 27.2 Å². The van der Waals surface area contributed by atoms with Crippen LogP contribution in [0.2, 0.25) is 0 Å². The highest BCUT2D eigenvalue weighted by Crippen LogP contribution is 2.06. The number of urea groups is 1. The third-order valence-corrected chi connectivity index (χ3v) is 2.88. The van der Waals surface area contributed by atoms with Gasteiger partial charge in [-0.25, -0.2) is 9.59 Å². The predicted molar refractivity (Wildman–Crippen MR) is 75.4 cm³/mol. The molecule has 0 aliphatic carbocycles. The molecule has 1 unspecified atom stereocenters. The molecule has 3 amide bonds. The second-order valence-corrected chi connectivity index (χ2v) is 4.89. The van der Waals surface area contributed by atoms with E-state index in [4.69, 9.17) is 5.11 Å². The van der Waals surface area contributed by atoms with Gasteiger partial charge in [0.05, 0.1) is 0 Å². The Morgan fingerprint density at radius 2 is 1.75 bits per heavy atom. The van der Waals surface area contributed by atoms with Crippen LogP contribution in [0.3, 0.4) is 0 Å². The van der Waals surface area contributed by atoms with E-state index in [-0.39, 0.29) is 18.5 Å². The van der Waals surface area contributed by atoms with Crippen LogP contribution in [0.1, 0.15) is 34.1 Å². The number of carbonyl (C=O) groups is 3. The number of hydrogen-bond donors (Lipinski definition) is 2. The van der Waals surface area contributed by atoms with Gasteiger partial charge in [-0.1, -0.05) is 6.92 Å². The molecule has 0 fully saturated rings. The summed E-state index contributed by atoms with van der Waals surface area (Å²) in [7, 11) is 1.44. The second-order valence-electron chi connectivity index (χ2n) is 4.89. The maximum absolute atomic E-state index is 12.2. The minimum Gasteiger partial charge on any atom is -0.480 e. The van der Waals surface area contributed by atoms with Crippen molar-refractivity contribution in [3.8, 4) is 0 Å². The summed E-state index contributed by atoms with van der Waals surface area (Å²) in [5.74, 6) is -1.31. The largest absolute Gasteiger partial charge is 0.480 e. The normalized spacial score (nSPS) is 11.9. The number of nitrogens with one attached hydrogen (secondary N) is 1. The topological polar surface area (TPSA) is 90.0 Å².